The van der Waals surface area contributed by atoms with E-state index in [2.05, 4.69) is 40.8 Å². The van der Waals surface area contributed by atoms with Gasteiger partial charge in [0.05, 0.1) is 0 Å². The zero-order valence-corrected chi connectivity index (χ0v) is 11.9. The van der Waals surface area contributed by atoms with Crippen LogP contribution in [-0.2, 0) is 0 Å². The van der Waals surface area contributed by atoms with Crippen molar-refractivity contribution in [2.24, 2.45) is 11.8 Å². The molecule has 0 fully saturated rings. The fourth-order valence-electron chi connectivity index (χ4n) is 2.44. The van der Waals surface area contributed by atoms with E-state index in [0.29, 0.717) is 11.8 Å². The average molecular weight is 302 g/mol. The van der Waals surface area contributed by atoms with Crippen LogP contribution >= 0.6 is 27.3 Å². The monoisotopic (exact) mass is 301 g/mol. The Morgan fingerprint density at radius 2 is 2.38 bits per heavy atom. The van der Waals surface area contributed by atoms with Crippen molar-refractivity contribution in [1.82, 2.24) is 4.98 Å². The molecule has 0 aromatic carbocycles. The van der Waals surface area contributed by atoms with Gasteiger partial charge in [0.25, 0.3) is 0 Å². The molecule has 0 radical (unpaired) electrons. The van der Waals surface area contributed by atoms with Crippen molar-refractivity contribution in [3.05, 3.63) is 26.6 Å². The highest BCUT2D eigenvalue weighted by Crippen LogP contribution is 2.37. The zero-order valence-electron chi connectivity index (χ0n) is 9.48. The van der Waals surface area contributed by atoms with Crippen LogP contribution in [0.4, 0.5) is 0 Å². The zero-order chi connectivity index (χ0) is 11.7. The Bertz CT molecular complexity index is 401. The number of thiazole rings is 1. The lowest BCUT2D eigenvalue weighted by atomic mass is 9.81. The maximum absolute atomic E-state index is 10.3. The quantitative estimate of drug-likeness (QED) is 0.840. The molecule has 1 aromatic heterocycles. The SMILES string of the molecule is CC1=CC(C)CC(C(O)c2nc(Br)cs2)C1. The summed E-state index contributed by atoms with van der Waals surface area (Å²) in [6, 6.07) is 0. The Labute approximate surface area is 109 Å². The predicted molar refractivity (Wildman–Crippen MR) is 70.4 cm³/mol. The average Bonchev–Trinajstić information content (AvgIpc) is 2.62. The Kier molecular flexibility index (Phi) is 3.82. The number of allylic oxidation sites excluding steroid dienone is 2. The highest BCUT2D eigenvalue weighted by Gasteiger charge is 2.27. The van der Waals surface area contributed by atoms with Crippen LogP contribution in [0.3, 0.4) is 0 Å². The number of aromatic nitrogens is 1. The van der Waals surface area contributed by atoms with E-state index in [0.717, 1.165) is 22.5 Å². The molecule has 88 valence electrons. The first-order valence-corrected chi connectivity index (χ1v) is 7.20. The lowest BCUT2D eigenvalue weighted by molar-refractivity contribution is 0.0929. The van der Waals surface area contributed by atoms with Gasteiger partial charge in [-0.25, -0.2) is 4.98 Å². The molecule has 0 saturated carbocycles. The van der Waals surface area contributed by atoms with E-state index in [4.69, 9.17) is 0 Å². The molecule has 1 N–H and O–H groups in total. The summed E-state index contributed by atoms with van der Waals surface area (Å²) in [6.07, 6.45) is 3.93. The van der Waals surface area contributed by atoms with Crippen molar-refractivity contribution < 1.29 is 5.11 Å². The second kappa shape index (κ2) is 4.98. The lowest BCUT2D eigenvalue weighted by Crippen LogP contribution is -2.19. The van der Waals surface area contributed by atoms with E-state index in [1.54, 1.807) is 0 Å². The highest BCUT2D eigenvalue weighted by molar-refractivity contribution is 9.10. The Hall–Kier alpha value is -0.190. The van der Waals surface area contributed by atoms with E-state index in [1.807, 2.05) is 5.38 Å². The van der Waals surface area contributed by atoms with Crippen molar-refractivity contribution >= 4 is 27.3 Å². The van der Waals surface area contributed by atoms with Gasteiger partial charge in [-0.05, 0) is 47.5 Å². The molecule has 2 rings (SSSR count). The van der Waals surface area contributed by atoms with Crippen LogP contribution in [0.2, 0.25) is 0 Å². The summed E-state index contributed by atoms with van der Waals surface area (Å²) in [5.74, 6) is 0.884. The lowest BCUT2D eigenvalue weighted by Gasteiger charge is -2.28. The first-order chi connectivity index (χ1) is 7.56. The number of hydrogen-bond acceptors (Lipinski definition) is 3. The number of aliphatic hydroxyl groups is 1. The maximum Gasteiger partial charge on any atom is 0.123 e. The van der Waals surface area contributed by atoms with E-state index >= 15 is 0 Å². The normalized spacial score (nSPS) is 27.6. The smallest absolute Gasteiger partial charge is 0.123 e. The van der Waals surface area contributed by atoms with Gasteiger partial charge in [-0.1, -0.05) is 18.6 Å². The van der Waals surface area contributed by atoms with Gasteiger partial charge >= 0.3 is 0 Å². The Morgan fingerprint density at radius 1 is 1.62 bits per heavy atom. The van der Waals surface area contributed by atoms with E-state index in [-0.39, 0.29) is 0 Å². The van der Waals surface area contributed by atoms with Crippen molar-refractivity contribution in [3.8, 4) is 0 Å². The highest BCUT2D eigenvalue weighted by atomic mass is 79.9. The van der Waals surface area contributed by atoms with Crippen LogP contribution in [0.15, 0.2) is 21.6 Å². The van der Waals surface area contributed by atoms with E-state index in [9.17, 15) is 5.11 Å². The third kappa shape index (κ3) is 2.73. The number of hydrogen-bond donors (Lipinski definition) is 1. The summed E-state index contributed by atoms with van der Waals surface area (Å²) >= 11 is 4.85. The molecule has 0 aliphatic heterocycles. The fraction of sp³-hybridized carbons (Fsp3) is 0.583. The molecule has 0 saturated heterocycles. The topological polar surface area (TPSA) is 33.1 Å². The van der Waals surface area contributed by atoms with E-state index in [1.165, 1.54) is 16.9 Å². The third-order valence-electron chi connectivity index (χ3n) is 3.02. The van der Waals surface area contributed by atoms with Crippen LogP contribution in [0.5, 0.6) is 0 Å². The molecule has 1 aromatic rings. The number of rotatable bonds is 2. The van der Waals surface area contributed by atoms with Crippen LogP contribution in [0.1, 0.15) is 37.8 Å². The van der Waals surface area contributed by atoms with Crippen molar-refractivity contribution in [3.63, 3.8) is 0 Å². The molecular weight excluding hydrogens is 286 g/mol. The summed E-state index contributed by atoms with van der Waals surface area (Å²) in [5, 5.41) is 13.1. The molecule has 3 unspecified atom stereocenters. The molecule has 1 heterocycles. The second-order valence-electron chi connectivity index (χ2n) is 4.64. The minimum atomic E-state index is -0.414. The molecule has 3 atom stereocenters. The molecule has 4 heteroatoms. The van der Waals surface area contributed by atoms with E-state index < -0.39 is 6.10 Å². The van der Waals surface area contributed by atoms with Crippen LogP contribution in [0.25, 0.3) is 0 Å². The predicted octanol–water partition coefficient (Wildman–Crippen LogP) is 3.93. The fourth-order valence-corrected chi connectivity index (χ4v) is 3.78. The molecule has 0 spiro atoms. The number of halogens is 1. The van der Waals surface area contributed by atoms with Crippen LogP contribution in [0, 0.1) is 11.8 Å². The largest absolute Gasteiger partial charge is 0.386 e. The van der Waals surface area contributed by atoms with Crippen LogP contribution in [-0.4, -0.2) is 10.1 Å². The van der Waals surface area contributed by atoms with Gasteiger partial charge in [0.1, 0.15) is 15.7 Å². The summed E-state index contributed by atoms with van der Waals surface area (Å²) < 4.78 is 0.822. The minimum absolute atomic E-state index is 0.318. The Morgan fingerprint density at radius 3 is 2.94 bits per heavy atom. The van der Waals surface area contributed by atoms with Crippen molar-refractivity contribution in [1.29, 1.82) is 0 Å². The van der Waals surface area contributed by atoms with Gasteiger partial charge in [-0.3, -0.25) is 0 Å². The molecule has 1 aliphatic carbocycles. The second-order valence-corrected chi connectivity index (χ2v) is 6.35. The number of aliphatic hydroxyl groups excluding tert-OH is 1. The van der Waals surface area contributed by atoms with Gasteiger partial charge in [0, 0.05) is 5.38 Å². The van der Waals surface area contributed by atoms with Crippen LogP contribution < -0.4 is 0 Å². The first kappa shape index (κ1) is 12.3. The first-order valence-electron chi connectivity index (χ1n) is 5.52. The molecule has 0 amide bonds. The maximum atomic E-state index is 10.3. The summed E-state index contributed by atoms with van der Waals surface area (Å²) in [6.45, 7) is 4.35. The third-order valence-corrected chi connectivity index (χ3v) is 4.65. The molecule has 2 nitrogen and oxygen atoms in total. The van der Waals surface area contributed by atoms with Gasteiger partial charge in [0.2, 0.25) is 0 Å². The van der Waals surface area contributed by atoms with Gasteiger partial charge in [-0.15, -0.1) is 11.3 Å². The standard InChI is InChI=1S/C12H16BrNOS/c1-7-3-8(2)5-9(4-7)11(15)12-14-10(13)6-16-12/h3,6-7,9,11,15H,4-5H2,1-2H3. The molecule has 1 aliphatic rings. The van der Waals surface area contributed by atoms with Gasteiger partial charge < -0.3 is 5.11 Å². The van der Waals surface area contributed by atoms with Crippen molar-refractivity contribution in [2.75, 3.05) is 0 Å². The van der Waals surface area contributed by atoms with Crippen molar-refractivity contribution in [2.45, 2.75) is 32.8 Å². The van der Waals surface area contributed by atoms with Gasteiger partial charge in [-0.2, -0.15) is 0 Å². The molecule has 16 heavy (non-hydrogen) atoms. The summed E-state index contributed by atoms with van der Waals surface area (Å²) in [4.78, 5) is 4.30. The number of nitrogens with zero attached hydrogens (tertiary/aromatic N) is 1. The summed E-state index contributed by atoms with van der Waals surface area (Å²) in [5.41, 5.74) is 1.39. The Balaban J connectivity index is 2.11. The summed E-state index contributed by atoms with van der Waals surface area (Å²) in [7, 11) is 0. The molecular formula is C12H16BrNOS. The van der Waals surface area contributed by atoms with Gasteiger partial charge in [0.15, 0.2) is 0 Å². The minimum Gasteiger partial charge on any atom is -0.386 e. The molecule has 0 bridgehead atoms.